The second-order valence-corrected chi connectivity index (χ2v) is 5.23. The minimum absolute atomic E-state index is 0.108. The zero-order chi connectivity index (χ0) is 12.2. The molecule has 16 heavy (non-hydrogen) atoms. The van der Waals surface area contributed by atoms with Gasteiger partial charge >= 0.3 is 5.97 Å². The van der Waals surface area contributed by atoms with Crippen molar-refractivity contribution >= 4 is 21.9 Å². The van der Waals surface area contributed by atoms with Crippen molar-refractivity contribution in [3.8, 4) is 0 Å². The molecule has 0 saturated carbocycles. The lowest BCUT2D eigenvalue weighted by atomic mass is 10.1. The van der Waals surface area contributed by atoms with Crippen molar-refractivity contribution in [2.24, 2.45) is 0 Å². The Bertz CT molecular complexity index is 171. The molecule has 0 spiro atoms. The first-order valence-electron chi connectivity index (χ1n) is 6.53. The Kier molecular flexibility index (Phi) is 11.4. The van der Waals surface area contributed by atoms with Crippen molar-refractivity contribution < 1.29 is 9.53 Å². The average molecular weight is 293 g/mol. The first kappa shape index (κ1) is 16.0. The molecule has 0 N–H and O–H groups in total. The number of carbonyl (C=O) groups is 1. The van der Waals surface area contributed by atoms with Crippen LogP contribution in [-0.4, -0.2) is 17.4 Å². The van der Waals surface area contributed by atoms with Crippen LogP contribution in [0, 0.1) is 0 Å². The van der Waals surface area contributed by atoms with Crippen LogP contribution in [0.4, 0.5) is 0 Å². The molecule has 1 atom stereocenters. The van der Waals surface area contributed by atoms with E-state index in [-0.39, 0.29) is 10.8 Å². The van der Waals surface area contributed by atoms with Gasteiger partial charge in [0, 0.05) is 0 Å². The molecule has 0 aromatic heterocycles. The van der Waals surface area contributed by atoms with Crippen molar-refractivity contribution in [3.63, 3.8) is 0 Å². The zero-order valence-corrected chi connectivity index (χ0v) is 12.2. The molecule has 0 aliphatic rings. The maximum atomic E-state index is 11.3. The lowest BCUT2D eigenvalue weighted by Gasteiger charge is -2.08. The number of alkyl halides is 1. The van der Waals surface area contributed by atoms with Gasteiger partial charge in [-0.05, 0) is 13.3 Å². The van der Waals surface area contributed by atoms with Gasteiger partial charge in [-0.2, -0.15) is 0 Å². The van der Waals surface area contributed by atoms with Crippen molar-refractivity contribution in [1.29, 1.82) is 0 Å². The third-order valence-corrected chi connectivity index (χ3v) is 3.44. The van der Waals surface area contributed by atoms with E-state index in [1.165, 1.54) is 38.5 Å². The predicted octanol–water partition coefficient (Wildman–Crippen LogP) is 4.45. The molecule has 0 aliphatic carbocycles. The summed E-state index contributed by atoms with van der Waals surface area (Å²) in [6.45, 7) is 4.54. The van der Waals surface area contributed by atoms with Crippen molar-refractivity contribution in [3.05, 3.63) is 0 Å². The molecule has 0 aromatic carbocycles. The summed E-state index contributed by atoms with van der Waals surface area (Å²) in [5, 5.41) is 0. The summed E-state index contributed by atoms with van der Waals surface area (Å²) in [7, 11) is 0. The van der Waals surface area contributed by atoms with Crippen LogP contribution in [0.3, 0.4) is 0 Å². The quantitative estimate of drug-likeness (QED) is 0.338. The molecule has 96 valence electrons. The molecular formula is C13H25BrO2. The van der Waals surface area contributed by atoms with Gasteiger partial charge in [0.1, 0.15) is 4.83 Å². The highest BCUT2D eigenvalue weighted by atomic mass is 79.9. The highest BCUT2D eigenvalue weighted by Crippen LogP contribution is 2.14. The summed E-state index contributed by atoms with van der Waals surface area (Å²) >= 11 is 3.36. The minimum Gasteiger partial charge on any atom is -0.465 e. The van der Waals surface area contributed by atoms with Crippen LogP contribution in [0.25, 0.3) is 0 Å². The average Bonchev–Trinajstić information content (AvgIpc) is 2.28. The van der Waals surface area contributed by atoms with Crippen LogP contribution in [0.5, 0.6) is 0 Å². The van der Waals surface area contributed by atoms with E-state index in [9.17, 15) is 4.79 Å². The maximum Gasteiger partial charge on any atom is 0.319 e. The fraction of sp³-hybridized carbons (Fsp3) is 0.923. The first-order chi connectivity index (χ1) is 7.72. The van der Waals surface area contributed by atoms with Gasteiger partial charge in [0.25, 0.3) is 0 Å². The number of esters is 1. The van der Waals surface area contributed by atoms with E-state index in [4.69, 9.17) is 4.74 Å². The maximum absolute atomic E-state index is 11.3. The van der Waals surface area contributed by atoms with Crippen molar-refractivity contribution in [2.45, 2.75) is 70.0 Å². The summed E-state index contributed by atoms with van der Waals surface area (Å²) in [4.78, 5) is 11.2. The van der Waals surface area contributed by atoms with E-state index in [1.54, 1.807) is 0 Å². The van der Waals surface area contributed by atoms with Crippen LogP contribution < -0.4 is 0 Å². The van der Waals surface area contributed by atoms with Gasteiger partial charge < -0.3 is 4.74 Å². The molecule has 0 aromatic rings. The van der Waals surface area contributed by atoms with Gasteiger partial charge in [0.05, 0.1) is 6.61 Å². The molecule has 0 radical (unpaired) electrons. The molecule has 0 fully saturated rings. The molecule has 2 nitrogen and oxygen atoms in total. The molecule has 0 rings (SSSR count). The summed E-state index contributed by atoms with van der Waals surface area (Å²) in [5.74, 6) is -0.117. The lowest BCUT2D eigenvalue weighted by molar-refractivity contribution is -0.142. The van der Waals surface area contributed by atoms with Crippen LogP contribution >= 0.6 is 15.9 Å². The number of ether oxygens (including phenoxy) is 1. The molecule has 0 aliphatic heterocycles. The smallest absolute Gasteiger partial charge is 0.319 e. The Morgan fingerprint density at radius 3 is 2.19 bits per heavy atom. The Morgan fingerprint density at radius 1 is 1.06 bits per heavy atom. The van der Waals surface area contributed by atoms with E-state index in [0.717, 1.165) is 12.8 Å². The Labute approximate surface area is 108 Å². The zero-order valence-electron chi connectivity index (χ0n) is 10.6. The number of carbonyl (C=O) groups excluding carboxylic acids is 1. The van der Waals surface area contributed by atoms with Gasteiger partial charge in [-0.3, -0.25) is 4.79 Å². The topological polar surface area (TPSA) is 26.3 Å². The largest absolute Gasteiger partial charge is 0.465 e. The van der Waals surface area contributed by atoms with E-state index >= 15 is 0 Å². The minimum atomic E-state index is -0.117. The van der Waals surface area contributed by atoms with Gasteiger partial charge in [-0.25, -0.2) is 0 Å². The van der Waals surface area contributed by atoms with Crippen LogP contribution in [-0.2, 0) is 9.53 Å². The molecular weight excluding hydrogens is 268 g/mol. The lowest BCUT2D eigenvalue weighted by Crippen LogP contribution is -2.17. The number of unbranched alkanes of at least 4 members (excludes halogenated alkanes) is 6. The Hall–Kier alpha value is -0.0500. The number of halogens is 1. The number of hydrogen-bond acceptors (Lipinski definition) is 2. The predicted molar refractivity (Wildman–Crippen MR) is 72.0 cm³/mol. The third-order valence-electron chi connectivity index (χ3n) is 2.60. The highest BCUT2D eigenvalue weighted by molar-refractivity contribution is 9.10. The van der Waals surface area contributed by atoms with Gasteiger partial charge in [0.15, 0.2) is 0 Å². The molecule has 0 amide bonds. The first-order valence-corrected chi connectivity index (χ1v) is 7.44. The summed E-state index contributed by atoms with van der Waals surface area (Å²) < 4.78 is 4.93. The summed E-state index contributed by atoms with van der Waals surface area (Å²) in [6, 6.07) is 0. The standard InChI is InChI=1S/C13H25BrO2/c1-3-5-6-7-8-9-10-11-12(14)13(15)16-4-2/h12H,3-11H2,1-2H3. The molecule has 0 saturated heterocycles. The fourth-order valence-corrected chi connectivity index (χ4v) is 2.09. The number of rotatable bonds is 10. The molecule has 3 heteroatoms. The monoisotopic (exact) mass is 292 g/mol. The molecule has 1 unspecified atom stereocenters. The Morgan fingerprint density at radius 2 is 1.62 bits per heavy atom. The normalized spacial score (nSPS) is 12.4. The highest BCUT2D eigenvalue weighted by Gasteiger charge is 2.14. The van der Waals surface area contributed by atoms with E-state index in [0.29, 0.717) is 6.61 Å². The van der Waals surface area contributed by atoms with E-state index in [2.05, 4.69) is 22.9 Å². The summed E-state index contributed by atoms with van der Waals surface area (Å²) in [6.07, 6.45) is 9.86. The van der Waals surface area contributed by atoms with Crippen molar-refractivity contribution in [1.82, 2.24) is 0 Å². The van der Waals surface area contributed by atoms with Crippen LogP contribution in [0.2, 0.25) is 0 Å². The van der Waals surface area contributed by atoms with Gasteiger partial charge in [-0.15, -0.1) is 0 Å². The molecule has 0 bridgehead atoms. The summed E-state index contributed by atoms with van der Waals surface area (Å²) in [5.41, 5.74) is 0. The fourth-order valence-electron chi connectivity index (χ4n) is 1.63. The number of hydrogen-bond donors (Lipinski definition) is 0. The SMILES string of the molecule is CCCCCCCCCC(Br)C(=O)OCC. The second-order valence-electron chi connectivity index (χ2n) is 4.13. The van der Waals surface area contributed by atoms with Gasteiger partial charge in [-0.1, -0.05) is 67.8 Å². The third kappa shape index (κ3) is 9.20. The Balaban J connectivity index is 3.27. The van der Waals surface area contributed by atoms with E-state index in [1.807, 2.05) is 6.92 Å². The van der Waals surface area contributed by atoms with E-state index < -0.39 is 0 Å². The van der Waals surface area contributed by atoms with Crippen LogP contribution in [0.15, 0.2) is 0 Å². The van der Waals surface area contributed by atoms with Crippen molar-refractivity contribution in [2.75, 3.05) is 6.61 Å². The second kappa shape index (κ2) is 11.4. The molecule has 0 heterocycles. The van der Waals surface area contributed by atoms with Gasteiger partial charge in [0.2, 0.25) is 0 Å². The van der Waals surface area contributed by atoms with Crippen LogP contribution in [0.1, 0.15) is 65.2 Å².